The van der Waals surface area contributed by atoms with Crippen molar-refractivity contribution in [3.8, 4) is 0 Å². The van der Waals surface area contributed by atoms with Gasteiger partial charge < -0.3 is 26.1 Å². The van der Waals surface area contributed by atoms with E-state index in [2.05, 4.69) is 20.9 Å². The fourth-order valence-corrected chi connectivity index (χ4v) is 1.62. The molecule has 9 heteroatoms. The van der Waals surface area contributed by atoms with Crippen LogP contribution in [0.1, 0.15) is 37.1 Å². The summed E-state index contributed by atoms with van der Waals surface area (Å²) in [5.74, 6) is 0.332. The fraction of sp³-hybridized carbons (Fsp3) is 0.500. The van der Waals surface area contributed by atoms with Crippen LogP contribution >= 0.6 is 24.0 Å². The summed E-state index contributed by atoms with van der Waals surface area (Å²) in [6, 6.07) is 3.15. The van der Waals surface area contributed by atoms with E-state index in [0.717, 1.165) is 0 Å². The molecule has 130 valence electrons. The molecule has 0 radical (unpaired) electrons. The van der Waals surface area contributed by atoms with Gasteiger partial charge in [0.25, 0.3) is 5.91 Å². The molecule has 1 heterocycles. The normalized spacial score (nSPS) is 11.4. The Morgan fingerprint density at radius 2 is 1.91 bits per heavy atom. The molecule has 1 aromatic rings. The number of aliphatic imine (C=N–C) groups is 1. The molecule has 1 aromatic heterocycles. The van der Waals surface area contributed by atoms with Crippen LogP contribution in [0.4, 0.5) is 0 Å². The van der Waals surface area contributed by atoms with Crippen molar-refractivity contribution in [1.82, 2.24) is 16.0 Å². The van der Waals surface area contributed by atoms with Crippen molar-refractivity contribution in [2.75, 3.05) is 13.6 Å². The topological polar surface area (TPSA) is 122 Å². The Bertz CT molecular complexity index is 563. The van der Waals surface area contributed by atoms with Gasteiger partial charge in [0.1, 0.15) is 5.76 Å². The molecule has 2 amide bonds. The number of carbonyl (C=O) groups excluding carboxylic acids is 2. The lowest BCUT2D eigenvalue weighted by atomic mass is 10.1. The first kappa shape index (κ1) is 21.2. The zero-order valence-corrected chi connectivity index (χ0v) is 16.1. The first-order chi connectivity index (χ1) is 10.2. The number of rotatable bonds is 5. The predicted octanol–water partition coefficient (Wildman–Crippen LogP) is 0.576. The van der Waals surface area contributed by atoms with E-state index < -0.39 is 5.91 Å². The molecule has 0 atom stereocenters. The average molecular weight is 437 g/mol. The van der Waals surface area contributed by atoms with Crippen molar-refractivity contribution in [1.29, 1.82) is 0 Å². The van der Waals surface area contributed by atoms with E-state index in [1.807, 2.05) is 20.8 Å². The van der Waals surface area contributed by atoms with Gasteiger partial charge in [-0.1, -0.05) is 0 Å². The molecule has 0 spiro atoms. The zero-order chi connectivity index (χ0) is 16.8. The van der Waals surface area contributed by atoms with Crippen molar-refractivity contribution in [3.63, 3.8) is 0 Å². The Labute approximate surface area is 152 Å². The fourth-order valence-electron chi connectivity index (χ4n) is 1.62. The number of guanidine groups is 1. The van der Waals surface area contributed by atoms with Crippen molar-refractivity contribution in [2.45, 2.75) is 32.9 Å². The minimum Gasteiger partial charge on any atom is -0.454 e. The highest BCUT2D eigenvalue weighted by molar-refractivity contribution is 14.0. The smallest absolute Gasteiger partial charge is 0.284 e. The van der Waals surface area contributed by atoms with Crippen molar-refractivity contribution >= 4 is 41.8 Å². The van der Waals surface area contributed by atoms with Crippen LogP contribution in [-0.2, 0) is 11.3 Å². The van der Waals surface area contributed by atoms with Crippen LogP contribution in [0.15, 0.2) is 21.5 Å². The maximum atomic E-state index is 11.7. The average Bonchev–Trinajstić information content (AvgIpc) is 2.86. The molecule has 0 aliphatic heterocycles. The highest BCUT2D eigenvalue weighted by atomic mass is 127. The highest BCUT2D eigenvalue weighted by Crippen LogP contribution is 2.06. The second-order valence-corrected chi connectivity index (χ2v) is 5.71. The monoisotopic (exact) mass is 437 g/mol. The first-order valence-electron chi connectivity index (χ1n) is 6.85. The summed E-state index contributed by atoms with van der Waals surface area (Å²) in [6.07, 6.45) is 0. The van der Waals surface area contributed by atoms with Crippen LogP contribution in [0.2, 0.25) is 0 Å². The predicted molar refractivity (Wildman–Crippen MR) is 98.7 cm³/mol. The summed E-state index contributed by atoms with van der Waals surface area (Å²) < 4.78 is 5.23. The van der Waals surface area contributed by atoms with Gasteiger partial charge in [-0.3, -0.25) is 14.6 Å². The molecule has 0 aromatic carbocycles. The third kappa shape index (κ3) is 8.43. The van der Waals surface area contributed by atoms with E-state index in [1.165, 1.54) is 6.07 Å². The van der Waals surface area contributed by atoms with Gasteiger partial charge in [0.2, 0.25) is 5.91 Å². The Balaban J connectivity index is 0.00000484. The van der Waals surface area contributed by atoms with Crippen LogP contribution in [0.3, 0.4) is 0 Å². The van der Waals surface area contributed by atoms with Gasteiger partial charge in [-0.15, -0.1) is 24.0 Å². The van der Waals surface area contributed by atoms with Crippen LogP contribution in [-0.4, -0.2) is 36.9 Å². The van der Waals surface area contributed by atoms with Crippen molar-refractivity contribution < 1.29 is 14.0 Å². The molecular weight excluding hydrogens is 413 g/mol. The zero-order valence-electron chi connectivity index (χ0n) is 13.7. The number of nitrogens with two attached hydrogens (primary N) is 1. The van der Waals surface area contributed by atoms with E-state index in [0.29, 0.717) is 18.3 Å². The van der Waals surface area contributed by atoms with E-state index in [1.54, 1.807) is 13.1 Å². The number of nitrogens with zero attached hydrogens (tertiary/aromatic N) is 1. The van der Waals surface area contributed by atoms with Gasteiger partial charge in [-0.05, 0) is 32.9 Å². The van der Waals surface area contributed by atoms with Gasteiger partial charge in [0.05, 0.1) is 13.1 Å². The minimum absolute atomic E-state index is 0. The summed E-state index contributed by atoms with van der Waals surface area (Å²) in [6.45, 7) is 6.14. The van der Waals surface area contributed by atoms with Crippen LogP contribution < -0.4 is 21.7 Å². The van der Waals surface area contributed by atoms with E-state index in [-0.39, 0.29) is 47.7 Å². The molecule has 0 aliphatic carbocycles. The van der Waals surface area contributed by atoms with Crippen LogP contribution in [0.5, 0.6) is 0 Å². The van der Waals surface area contributed by atoms with Gasteiger partial charge >= 0.3 is 0 Å². The van der Waals surface area contributed by atoms with Gasteiger partial charge in [-0.25, -0.2) is 0 Å². The van der Waals surface area contributed by atoms with E-state index in [4.69, 9.17) is 10.2 Å². The molecule has 0 fully saturated rings. The van der Waals surface area contributed by atoms with E-state index in [9.17, 15) is 9.59 Å². The third-order valence-corrected chi connectivity index (χ3v) is 2.49. The summed E-state index contributed by atoms with van der Waals surface area (Å²) in [5, 5.41) is 8.69. The summed E-state index contributed by atoms with van der Waals surface area (Å²) in [7, 11) is 1.59. The number of furan rings is 1. The van der Waals surface area contributed by atoms with Crippen LogP contribution in [0, 0.1) is 0 Å². The lowest BCUT2D eigenvalue weighted by Crippen LogP contribution is -2.48. The van der Waals surface area contributed by atoms with Gasteiger partial charge in [-0.2, -0.15) is 0 Å². The van der Waals surface area contributed by atoms with E-state index >= 15 is 0 Å². The Hall–Kier alpha value is -1.78. The summed E-state index contributed by atoms with van der Waals surface area (Å²) in [5.41, 5.74) is 4.82. The summed E-state index contributed by atoms with van der Waals surface area (Å²) in [4.78, 5) is 26.6. The number of amides is 2. The lowest BCUT2D eigenvalue weighted by Gasteiger charge is -2.21. The highest BCUT2D eigenvalue weighted by Gasteiger charge is 2.14. The Kier molecular flexibility index (Phi) is 8.65. The Morgan fingerprint density at radius 1 is 1.26 bits per heavy atom. The Morgan fingerprint density at radius 3 is 2.39 bits per heavy atom. The molecule has 0 saturated heterocycles. The lowest BCUT2D eigenvalue weighted by molar-refractivity contribution is -0.121. The molecule has 0 bridgehead atoms. The third-order valence-electron chi connectivity index (χ3n) is 2.49. The maximum Gasteiger partial charge on any atom is 0.284 e. The van der Waals surface area contributed by atoms with Crippen LogP contribution in [0.25, 0.3) is 0 Å². The first-order valence-corrected chi connectivity index (χ1v) is 6.85. The molecular formula is C14H24IN5O3. The SMILES string of the molecule is CN=C(NCC(=O)NC(C)(C)C)NCc1ccc(C(N)=O)o1.I. The van der Waals surface area contributed by atoms with Crippen molar-refractivity contribution in [2.24, 2.45) is 10.7 Å². The van der Waals surface area contributed by atoms with Gasteiger partial charge in [0.15, 0.2) is 11.7 Å². The maximum absolute atomic E-state index is 11.7. The molecule has 8 nitrogen and oxygen atoms in total. The van der Waals surface area contributed by atoms with Crippen molar-refractivity contribution in [3.05, 3.63) is 23.7 Å². The number of hydrogen-bond donors (Lipinski definition) is 4. The number of hydrogen-bond acceptors (Lipinski definition) is 4. The molecule has 23 heavy (non-hydrogen) atoms. The molecule has 0 unspecified atom stereocenters. The number of halogens is 1. The minimum atomic E-state index is -0.618. The summed E-state index contributed by atoms with van der Waals surface area (Å²) >= 11 is 0. The molecule has 0 saturated carbocycles. The second-order valence-electron chi connectivity index (χ2n) is 5.71. The standard InChI is InChI=1S/C14H23N5O3.HI/c1-14(2,3)19-11(20)8-18-13(16-4)17-7-9-5-6-10(22-9)12(15)21;/h5-6H,7-8H2,1-4H3,(H2,15,21)(H,19,20)(H2,16,17,18);1H. The number of carbonyl (C=O) groups is 2. The second kappa shape index (κ2) is 9.38. The molecule has 1 rings (SSSR count). The quantitative estimate of drug-likeness (QED) is 0.305. The largest absolute Gasteiger partial charge is 0.454 e. The van der Waals surface area contributed by atoms with Gasteiger partial charge in [0, 0.05) is 12.6 Å². The number of nitrogens with one attached hydrogen (secondary N) is 3. The number of primary amides is 1. The molecule has 0 aliphatic rings. The molecule has 5 N–H and O–H groups in total.